The number of anilines is 3. The van der Waals surface area contributed by atoms with Crippen LogP contribution >= 0.6 is 11.8 Å². The molecule has 6 N–H and O–H groups in total. The predicted octanol–water partition coefficient (Wildman–Crippen LogP) is 3.42. The number of nitrogens with two attached hydrogens (primary N) is 2. The quantitative estimate of drug-likeness (QED) is 0.161. The van der Waals surface area contributed by atoms with Crippen molar-refractivity contribution in [1.82, 2.24) is 9.97 Å². The maximum Gasteiger partial charge on any atom is 0.191 e. The molecule has 2 aromatic rings. The number of aliphatic hydroxyl groups excluding tert-OH is 1. The minimum atomic E-state index is -0.852. The second-order valence-electron chi connectivity index (χ2n) is 8.80. The van der Waals surface area contributed by atoms with Crippen molar-refractivity contribution in [2.45, 2.75) is 68.3 Å². The third kappa shape index (κ3) is 5.70. The molecule has 2 unspecified atom stereocenters. The van der Waals surface area contributed by atoms with Gasteiger partial charge >= 0.3 is 0 Å². The van der Waals surface area contributed by atoms with Crippen LogP contribution in [0.15, 0.2) is 23.4 Å². The molecule has 2 fully saturated rings. The Morgan fingerprint density at radius 2 is 2.06 bits per heavy atom. The minimum Gasteiger partial charge on any atom is -0.394 e. The van der Waals surface area contributed by atoms with E-state index in [1.165, 1.54) is 17.8 Å². The average molecular weight is 495 g/mol. The first-order chi connectivity index (χ1) is 16.4. The molecule has 11 heteroatoms. The summed E-state index contributed by atoms with van der Waals surface area (Å²) in [5, 5.41) is 14.6. The molecule has 0 bridgehead atoms. The number of aromatic nitrogens is 2. The van der Waals surface area contributed by atoms with Crippen molar-refractivity contribution in [3.8, 4) is 0 Å². The van der Waals surface area contributed by atoms with Crippen molar-refractivity contribution in [3.63, 3.8) is 0 Å². The molecule has 8 nitrogen and oxygen atoms in total. The number of hydrogen-bond acceptors (Lipinski definition) is 9. The Balaban J connectivity index is 1.51. The maximum absolute atomic E-state index is 13.7. The smallest absolute Gasteiger partial charge is 0.191 e. The van der Waals surface area contributed by atoms with Crippen molar-refractivity contribution in [2.24, 2.45) is 5.84 Å². The summed E-state index contributed by atoms with van der Waals surface area (Å²) in [6, 6.07) is 4.03. The highest BCUT2D eigenvalue weighted by atomic mass is 32.2. The third-order valence-corrected chi connectivity index (χ3v) is 7.32. The number of benzene rings is 1. The van der Waals surface area contributed by atoms with Crippen LogP contribution in [0.4, 0.5) is 26.1 Å². The van der Waals surface area contributed by atoms with Gasteiger partial charge in [0.2, 0.25) is 0 Å². The Bertz CT molecular complexity index is 1000. The normalized spacial score (nSPS) is 23.8. The zero-order chi connectivity index (χ0) is 24.2. The molecule has 0 spiro atoms. The van der Waals surface area contributed by atoms with E-state index < -0.39 is 11.6 Å². The van der Waals surface area contributed by atoms with Crippen LogP contribution in [0.2, 0.25) is 0 Å². The first-order valence-electron chi connectivity index (χ1n) is 11.7. The molecule has 2 saturated carbocycles. The van der Waals surface area contributed by atoms with E-state index in [9.17, 15) is 8.78 Å². The molecule has 1 aromatic heterocycles. The first-order valence-corrected chi connectivity index (χ1v) is 12.7. The molecule has 34 heavy (non-hydrogen) atoms. The Kier molecular flexibility index (Phi) is 8.07. The van der Waals surface area contributed by atoms with Gasteiger partial charge in [0, 0.05) is 23.8 Å². The molecule has 2 aliphatic carbocycles. The molecule has 0 amide bonds. The predicted molar refractivity (Wildman–Crippen MR) is 130 cm³/mol. The summed E-state index contributed by atoms with van der Waals surface area (Å²) in [6.07, 6.45) is 4.18. The van der Waals surface area contributed by atoms with E-state index in [1.54, 1.807) is 11.1 Å². The number of rotatable bonds is 11. The Morgan fingerprint density at radius 3 is 2.79 bits per heavy atom. The van der Waals surface area contributed by atoms with Crippen molar-refractivity contribution < 1.29 is 18.6 Å². The monoisotopic (exact) mass is 494 g/mol. The first kappa shape index (κ1) is 24.9. The van der Waals surface area contributed by atoms with Crippen LogP contribution in [0.25, 0.3) is 0 Å². The van der Waals surface area contributed by atoms with Gasteiger partial charge in [-0.3, -0.25) is 5.01 Å². The number of hydrazine groups is 1. The van der Waals surface area contributed by atoms with Crippen molar-refractivity contribution in [3.05, 3.63) is 35.4 Å². The molecule has 0 radical (unpaired) electrons. The maximum atomic E-state index is 13.7. The second kappa shape index (κ2) is 11.0. The number of nitrogens with zero attached hydrogens (tertiary/aromatic N) is 3. The van der Waals surface area contributed by atoms with E-state index in [0.717, 1.165) is 49.5 Å². The fraction of sp³-hybridized carbons (Fsp3) is 0.565. The zero-order valence-electron chi connectivity index (χ0n) is 19.2. The zero-order valence-corrected chi connectivity index (χ0v) is 20.0. The van der Waals surface area contributed by atoms with Gasteiger partial charge in [0.15, 0.2) is 28.4 Å². The van der Waals surface area contributed by atoms with Crippen LogP contribution in [0.1, 0.15) is 50.5 Å². The standard InChI is InChI=1S/C23H32F2N6O2S/c1-2-9-34-23-29-21(28-19-12-16(19)13-3-6-17(24)18(25)10-13)20(26)22(30-23)31(27)14-4-5-15(11-14)33-8-7-32/h3,6,10,14-16,19,32H,2,4-5,7-9,11-12,26-27H2,1H3,(H,28,29,30)/t14-,15?,16+,19?/m0/s1. The van der Waals surface area contributed by atoms with E-state index >= 15 is 0 Å². The number of aliphatic hydroxyl groups is 1. The lowest BCUT2D eigenvalue weighted by molar-refractivity contribution is 0.0322. The molecule has 2 aliphatic rings. The molecule has 0 saturated heterocycles. The van der Waals surface area contributed by atoms with Gasteiger partial charge in [0.1, 0.15) is 5.69 Å². The summed E-state index contributed by atoms with van der Waals surface area (Å²) in [6.45, 7) is 2.39. The summed E-state index contributed by atoms with van der Waals surface area (Å²) in [5.41, 5.74) is 7.58. The molecule has 186 valence electrons. The van der Waals surface area contributed by atoms with E-state index in [0.29, 0.717) is 29.1 Å². The highest BCUT2D eigenvalue weighted by Crippen LogP contribution is 2.44. The number of thioether (sulfide) groups is 1. The second-order valence-corrected chi connectivity index (χ2v) is 9.86. The van der Waals surface area contributed by atoms with Gasteiger partial charge in [0.25, 0.3) is 0 Å². The molecule has 0 aliphatic heterocycles. The van der Waals surface area contributed by atoms with Gasteiger partial charge in [-0.25, -0.2) is 24.6 Å². The summed E-state index contributed by atoms with van der Waals surface area (Å²) in [5.74, 6) is 6.67. The van der Waals surface area contributed by atoms with Crippen LogP contribution in [0, 0.1) is 11.6 Å². The van der Waals surface area contributed by atoms with Crippen molar-refractivity contribution >= 4 is 29.1 Å². The number of nitrogens with one attached hydrogen (secondary N) is 1. The summed E-state index contributed by atoms with van der Waals surface area (Å²) in [4.78, 5) is 9.27. The van der Waals surface area contributed by atoms with E-state index in [2.05, 4.69) is 22.2 Å². The topological polar surface area (TPSA) is 123 Å². The van der Waals surface area contributed by atoms with Crippen LogP contribution in [0.3, 0.4) is 0 Å². The van der Waals surface area contributed by atoms with Crippen molar-refractivity contribution in [2.75, 3.05) is 35.0 Å². The fourth-order valence-corrected chi connectivity index (χ4v) is 5.05. The van der Waals surface area contributed by atoms with E-state index in [4.69, 9.17) is 21.4 Å². The largest absolute Gasteiger partial charge is 0.394 e. The van der Waals surface area contributed by atoms with Crippen LogP contribution < -0.4 is 21.9 Å². The summed E-state index contributed by atoms with van der Waals surface area (Å²) >= 11 is 1.53. The highest BCUT2D eigenvalue weighted by molar-refractivity contribution is 7.99. The van der Waals surface area contributed by atoms with Gasteiger partial charge in [0.05, 0.1) is 19.3 Å². The van der Waals surface area contributed by atoms with Gasteiger partial charge in [-0.2, -0.15) is 0 Å². The Labute approximate surface area is 202 Å². The molecular weight excluding hydrogens is 462 g/mol. The summed E-state index contributed by atoms with van der Waals surface area (Å²) in [7, 11) is 0. The SMILES string of the molecule is CCCSc1nc(NC2C[C@@H]2c2ccc(F)c(F)c2)c(N)c(N(N)[C@H]2CCC(OCCO)C2)n1. The number of nitrogen functional groups attached to an aromatic ring is 1. The van der Waals surface area contributed by atoms with Gasteiger partial charge in [-0.15, -0.1) is 0 Å². The Hall–Kier alpha value is -2.21. The number of hydrogen-bond donors (Lipinski definition) is 4. The Morgan fingerprint density at radius 1 is 1.24 bits per heavy atom. The number of ether oxygens (including phenoxy) is 1. The van der Waals surface area contributed by atoms with Crippen molar-refractivity contribution in [1.29, 1.82) is 0 Å². The van der Waals surface area contributed by atoms with Gasteiger partial charge in [-0.05, 0) is 49.8 Å². The van der Waals surface area contributed by atoms with Crippen LogP contribution in [-0.4, -0.2) is 52.2 Å². The average Bonchev–Trinajstić information content (AvgIpc) is 3.43. The lowest BCUT2D eigenvalue weighted by Gasteiger charge is -2.27. The lowest BCUT2D eigenvalue weighted by Crippen LogP contribution is -2.41. The molecule has 4 rings (SSSR count). The molecule has 4 atom stereocenters. The fourth-order valence-electron chi connectivity index (χ4n) is 4.36. The van der Waals surface area contributed by atoms with Crippen LogP contribution in [-0.2, 0) is 4.74 Å². The lowest BCUT2D eigenvalue weighted by atomic mass is 10.1. The molecule has 1 aromatic carbocycles. The molecular formula is C23H32F2N6O2S. The van der Waals surface area contributed by atoms with Crippen LogP contribution in [0.5, 0.6) is 0 Å². The third-order valence-electron chi connectivity index (χ3n) is 6.26. The van der Waals surface area contributed by atoms with E-state index in [-0.39, 0.29) is 30.7 Å². The summed E-state index contributed by atoms with van der Waals surface area (Å²) < 4.78 is 32.6. The minimum absolute atomic E-state index is 0.00732. The van der Waals surface area contributed by atoms with Gasteiger partial charge < -0.3 is 20.9 Å². The number of halogens is 2. The molecule has 1 heterocycles. The highest BCUT2D eigenvalue weighted by Gasteiger charge is 2.40. The van der Waals surface area contributed by atoms with E-state index in [1.807, 2.05) is 0 Å². The van der Waals surface area contributed by atoms with Gasteiger partial charge in [-0.1, -0.05) is 24.8 Å².